The lowest BCUT2D eigenvalue weighted by Crippen LogP contribution is -2.34. The monoisotopic (exact) mass is 365 g/mol. The van der Waals surface area contributed by atoms with E-state index in [-0.39, 0.29) is 18.4 Å². The van der Waals surface area contributed by atoms with E-state index < -0.39 is 3.92 Å². The Morgan fingerprint density at radius 2 is 2.28 bits per heavy atom. The molecule has 6 nitrogen and oxygen atoms in total. The van der Waals surface area contributed by atoms with Crippen molar-refractivity contribution in [1.29, 1.82) is 0 Å². The molecule has 1 amide bonds. The molecule has 0 aromatic carbocycles. The molecule has 100 valence electrons. The van der Waals surface area contributed by atoms with Crippen LogP contribution in [0.25, 0.3) is 0 Å². The summed E-state index contributed by atoms with van der Waals surface area (Å²) in [6.45, 7) is 2.18. The maximum atomic E-state index is 11.9. The van der Waals surface area contributed by atoms with Crippen molar-refractivity contribution in [2.24, 2.45) is 7.05 Å². The number of methoxy groups -OCH3 is 1. The number of amides is 1. The SMILES string of the molecule is CCc1nn(C)cc1C(=O)NCC(I)C(=O)OC. The number of nitrogens with one attached hydrogen (secondary N) is 1. The van der Waals surface area contributed by atoms with Crippen LogP contribution in [0.5, 0.6) is 0 Å². The highest BCUT2D eigenvalue weighted by molar-refractivity contribution is 14.1. The molecular weight excluding hydrogens is 349 g/mol. The number of esters is 1. The minimum atomic E-state index is -0.390. The van der Waals surface area contributed by atoms with Crippen LogP contribution >= 0.6 is 22.6 Å². The zero-order valence-corrected chi connectivity index (χ0v) is 12.7. The Morgan fingerprint density at radius 3 is 2.83 bits per heavy atom. The molecule has 0 spiro atoms. The van der Waals surface area contributed by atoms with Gasteiger partial charge in [0.25, 0.3) is 5.91 Å². The average molecular weight is 365 g/mol. The summed E-state index contributed by atoms with van der Waals surface area (Å²) in [5.41, 5.74) is 1.30. The molecular formula is C11H16IN3O3. The van der Waals surface area contributed by atoms with Crippen LogP contribution in [0.15, 0.2) is 6.20 Å². The molecule has 1 unspecified atom stereocenters. The van der Waals surface area contributed by atoms with Crippen LogP contribution in [0, 0.1) is 0 Å². The second-order valence-electron chi connectivity index (χ2n) is 3.72. The van der Waals surface area contributed by atoms with E-state index in [1.54, 1.807) is 17.9 Å². The zero-order chi connectivity index (χ0) is 13.7. The summed E-state index contributed by atoms with van der Waals surface area (Å²) >= 11 is 1.93. The van der Waals surface area contributed by atoms with Crippen molar-refractivity contribution in [1.82, 2.24) is 15.1 Å². The predicted molar refractivity (Wildman–Crippen MR) is 74.7 cm³/mol. The first kappa shape index (κ1) is 14.9. The standard InChI is InChI=1S/C11H16IN3O3/c1-4-9-7(6-15(2)14-9)10(16)13-5-8(12)11(17)18-3/h6,8H,4-5H2,1-3H3,(H,13,16). The van der Waals surface area contributed by atoms with Crippen molar-refractivity contribution in [3.63, 3.8) is 0 Å². The van der Waals surface area contributed by atoms with E-state index in [0.717, 1.165) is 5.69 Å². The number of carbonyl (C=O) groups excluding carboxylic acids is 2. The molecule has 0 aliphatic heterocycles. The smallest absolute Gasteiger partial charge is 0.320 e. The molecule has 1 N–H and O–H groups in total. The van der Waals surface area contributed by atoms with Gasteiger partial charge < -0.3 is 10.1 Å². The third-order valence-corrected chi connectivity index (χ3v) is 3.33. The van der Waals surface area contributed by atoms with E-state index in [1.165, 1.54) is 7.11 Å². The Kier molecular flexibility index (Phi) is 5.57. The third kappa shape index (κ3) is 3.69. The lowest BCUT2D eigenvalue weighted by molar-refractivity contribution is -0.139. The van der Waals surface area contributed by atoms with E-state index in [1.807, 2.05) is 29.5 Å². The van der Waals surface area contributed by atoms with Gasteiger partial charge >= 0.3 is 5.97 Å². The summed E-state index contributed by atoms with van der Waals surface area (Å²) in [7, 11) is 3.09. The van der Waals surface area contributed by atoms with E-state index in [4.69, 9.17) is 0 Å². The highest BCUT2D eigenvalue weighted by Gasteiger charge is 2.18. The van der Waals surface area contributed by atoms with E-state index in [9.17, 15) is 9.59 Å². The molecule has 18 heavy (non-hydrogen) atoms. The van der Waals surface area contributed by atoms with Crippen molar-refractivity contribution >= 4 is 34.5 Å². The number of carbonyl (C=O) groups is 2. The van der Waals surface area contributed by atoms with Crippen LogP contribution in [0.4, 0.5) is 0 Å². The summed E-state index contributed by atoms with van der Waals surface area (Å²) in [4.78, 5) is 23.1. The first-order valence-corrected chi connectivity index (χ1v) is 6.76. The molecule has 0 saturated carbocycles. The normalized spacial score (nSPS) is 12.0. The quantitative estimate of drug-likeness (QED) is 0.474. The molecule has 1 heterocycles. The lowest BCUT2D eigenvalue weighted by Gasteiger charge is -2.08. The molecule has 0 bridgehead atoms. The van der Waals surface area contributed by atoms with Gasteiger partial charge in [0.1, 0.15) is 3.92 Å². The van der Waals surface area contributed by atoms with Crippen LogP contribution in [0.3, 0.4) is 0 Å². The van der Waals surface area contributed by atoms with E-state index in [2.05, 4.69) is 15.2 Å². The fourth-order valence-electron chi connectivity index (χ4n) is 1.47. The van der Waals surface area contributed by atoms with Gasteiger partial charge in [-0.3, -0.25) is 14.3 Å². The van der Waals surface area contributed by atoms with Crippen LogP contribution in [0.2, 0.25) is 0 Å². The van der Waals surface area contributed by atoms with Crippen molar-refractivity contribution < 1.29 is 14.3 Å². The Hall–Kier alpha value is -1.12. The number of ether oxygens (including phenoxy) is 1. The Labute approximate surface area is 119 Å². The maximum Gasteiger partial charge on any atom is 0.320 e. The molecule has 1 atom stereocenters. The number of halogens is 1. The molecule has 0 radical (unpaired) electrons. The van der Waals surface area contributed by atoms with Gasteiger partial charge in [-0.2, -0.15) is 5.10 Å². The van der Waals surface area contributed by atoms with Gasteiger partial charge in [0, 0.05) is 19.8 Å². The highest BCUT2D eigenvalue weighted by atomic mass is 127. The fourth-order valence-corrected chi connectivity index (χ4v) is 1.95. The second-order valence-corrected chi connectivity index (χ2v) is 5.22. The maximum absolute atomic E-state index is 11.9. The lowest BCUT2D eigenvalue weighted by atomic mass is 10.2. The summed E-state index contributed by atoms with van der Waals surface area (Å²) in [5, 5.41) is 6.89. The van der Waals surface area contributed by atoms with Crippen LogP contribution < -0.4 is 5.32 Å². The molecule has 1 aromatic rings. The summed E-state index contributed by atoms with van der Waals surface area (Å²) in [6, 6.07) is 0. The van der Waals surface area contributed by atoms with Crippen molar-refractivity contribution in [2.45, 2.75) is 17.3 Å². The zero-order valence-electron chi connectivity index (χ0n) is 10.6. The third-order valence-electron chi connectivity index (χ3n) is 2.38. The van der Waals surface area contributed by atoms with Crippen LogP contribution in [0.1, 0.15) is 23.0 Å². The summed E-state index contributed by atoms with van der Waals surface area (Å²) in [6.07, 6.45) is 2.36. The number of hydrogen-bond acceptors (Lipinski definition) is 4. The molecule has 1 rings (SSSR count). The van der Waals surface area contributed by atoms with Crippen molar-refractivity contribution in [2.75, 3.05) is 13.7 Å². The van der Waals surface area contributed by atoms with Crippen molar-refractivity contribution in [3.8, 4) is 0 Å². The van der Waals surface area contributed by atoms with Gasteiger partial charge in [0.15, 0.2) is 0 Å². The predicted octanol–water partition coefficient (Wildman–Crippen LogP) is 0.689. The molecule has 7 heteroatoms. The molecule has 1 aromatic heterocycles. The molecule has 0 saturated heterocycles. The number of aromatic nitrogens is 2. The Bertz CT molecular complexity index is 445. The van der Waals surface area contributed by atoms with Crippen LogP contribution in [-0.4, -0.2) is 39.2 Å². The second kappa shape index (κ2) is 6.72. The number of alkyl halides is 1. The molecule has 0 aliphatic carbocycles. The van der Waals surface area contributed by atoms with Gasteiger partial charge in [0.2, 0.25) is 0 Å². The van der Waals surface area contributed by atoms with E-state index in [0.29, 0.717) is 12.0 Å². The topological polar surface area (TPSA) is 73.2 Å². The number of aryl methyl sites for hydroxylation is 2. The van der Waals surface area contributed by atoms with Crippen LogP contribution in [-0.2, 0) is 23.0 Å². The van der Waals surface area contributed by atoms with Gasteiger partial charge in [-0.25, -0.2) is 0 Å². The van der Waals surface area contributed by atoms with E-state index >= 15 is 0 Å². The van der Waals surface area contributed by atoms with Gasteiger partial charge in [0.05, 0.1) is 18.4 Å². The number of nitrogens with zero attached hydrogens (tertiary/aromatic N) is 2. The number of rotatable bonds is 5. The van der Waals surface area contributed by atoms with Gasteiger partial charge in [-0.05, 0) is 6.42 Å². The molecule has 0 aliphatic rings. The molecule has 0 fully saturated rings. The first-order chi connectivity index (χ1) is 8.49. The number of hydrogen-bond donors (Lipinski definition) is 1. The summed E-state index contributed by atoms with van der Waals surface area (Å²) < 4.78 is 5.80. The van der Waals surface area contributed by atoms with Gasteiger partial charge in [-0.15, -0.1) is 0 Å². The fraction of sp³-hybridized carbons (Fsp3) is 0.545. The minimum absolute atomic E-state index is 0.217. The minimum Gasteiger partial charge on any atom is -0.468 e. The van der Waals surface area contributed by atoms with Crippen molar-refractivity contribution in [3.05, 3.63) is 17.5 Å². The van der Waals surface area contributed by atoms with Gasteiger partial charge in [-0.1, -0.05) is 29.5 Å². The first-order valence-electron chi connectivity index (χ1n) is 5.52. The highest BCUT2D eigenvalue weighted by Crippen LogP contribution is 2.08. The summed E-state index contributed by atoms with van der Waals surface area (Å²) in [5.74, 6) is -0.566. The Balaban J connectivity index is 2.63. The Morgan fingerprint density at radius 1 is 1.61 bits per heavy atom. The largest absolute Gasteiger partial charge is 0.468 e. The average Bonchev–Trinajstić information content (AvgIpc) is 2.75.